The number of carbonyl (C=O) groups is 1. The zero-order chi connectivity index (χ0) is 19.1. The molecule has 0 saturated carbocycles. The fraction of sp³-hybridized carbons (Fsp3) is 0.316. The van der Waals surface area contributed by atoms with E-state index in [1.54, 1.807) is 19.1 Å². The van der Waals surface area contributed by atoms with Crippen molar-refractivity contribution in [2.45, 2.75) is 37.2 Å². The first-order valence-corrected chi connectivity index (χ1v) is 10.3. The summed E-state index contributed by atoms with van der Waals surface area (Å²) in [7, 11) is -3.30. The number of nitrogens with two attached hydrogens (primary N) is 1. The van der Waals surface area contributed by atoms with Crippen molar-refractivity contribution in [1.29, 1.82) is 0 Å². The molecule has 3 rings (SSSR count). The highest BCUT2D eigenvalue weighted by atomic mass is 32.2. The largest absolute Gasteiger partial charge is 0.397 e. The Labute approximate surface area is 153 Å². The summed E-state index contributed by atoms with van der Waals surface area (Å²) >= 11 is 0. The third-order valence-corrected chi connectivity index (χ3v) is 5.82. The monoisotopic (exact) mass is 373 g/mol. The molecular weight excluding hydrogens is 350 g/mol. The zero-order valence-corrected chi connectivity index (χ0v) is 15.9. The molecule has 6 nitrogen and oxygen atoms in total. The molecule has 1 aliphatic heterocycles. The smallest absolute Gasteiger partial charge is 0.224 e. The van der Waals surface area contributed by atoms with E-state index in [4.69, 9.17) is 5.73 Å². The summed E-state index contributed by atoms with van der Waals surface area (Å²) in [6.07, 6.45) is 1.88. The number of carbonyl (C=O) groups excluding carboxylic acids is 1. The lowest BCUT2D eigenvalue weighted by molar-refractivity contribution is -0.117. The molecule has 2 aromatic rings. The Morgan fingerprint density at radius 2 is 1.92 bits per heavy atom. The SMILES string of the molecule is CC(=O)N1c2ccccc2C(Nc2ccc(S(C)(=O)=O)cc2N)CC1C. The highest BCUT2D eigenvalue weighted by Crippen LogP contribution is 2.39. The van der Waals surface area contributed by atoms with Gasteiger partial charge in [0.1, 0.15) is 0 Å². The predicted octanol–water partition coefficient (Wildman–Crippen LogP) is 2.97. The number of nitrogens with zero attached hydrogens (tertiary/aromatic N) is 1. The van der Waals surface area contributed by atoms with Gasteiger partial charge in [0.25, 0.3) is 0 Å². The number of benzene rings is 2. The molecule has 1 heterocycles. The van der Waals surface area contributed by atoms with Crippen LogP contribution in [0.15, 0.2) is 47.4 Å². The van der Waals surface area contributed by atoms with Gasteiger partial charge in [0.2, 0.25) is 5.91 Å². The number of hydrogen-bond acceptors (Lipinski definition) is 5. The number of sulfone groups is 1. The van der Waals surface area contributed by atoms with E-state index >= 15 is 0 Å². The molecule has 3 N–H and O–H groups in total. The minimum atomic E-state index is -3.30. The molecule has 0 radical (unpaired) electrons. The molecule has 138 valence electrons. The van der Waals surface area contributed by atoms with Crippen LogP contribution in [0.25, 0.3) is 0 Å². The maximum absolute atomic E-state index is 12.1. The Morgan fingerprint density at radius 1 is 1.23 bits per heavy atom. The van der Waals surface area contributed by atoms with Gasteiger partial charge in [-0.2, -0.15) is 0 Å². The van der Waals surface area contributed by atoms with Gasteiger partial charge in [0.05, 0.1) is 22.3 Å². The van der Waals surface area contributed by atoms with E-state index in [0.29, 0.717) is 11.4 Å². The standard InChI is InChI=1S/C19H23N3O3S/c1-12-10-18(15-6-4-5-7-19(15)22(12)13(2)23)21-17-9-8-14(11-16(17)20)26(3,24)25/h4-9,11-12,18,21H,10,20H2,1-3H3. The van der Waals surface area contributed by atoms with Crippen LogP contribution in [0.1, 0.15) is 31.9 Å². The lowest BCUT2D eigenvalue weighted by Crippen LogP contribution is -2.43. The third kappa shape index (κ3) is 3.39. The number of nitrogen functional groups attached to an aromatic ring is 1. The van der Waals surface area contributed by atoms with Gasteiger partial charge < -0.3 is 16.0 Å². The summed E-state index contributed by atoms with van der Waals surface area (Å²) in [6.45, 7) is 3.59. The van der Waals surface area contributed by atoms with E-state index in [1.165, 1.54) is 6.07 Å². The molecule has 0 aromatic heterocycles. The van der Waals surface area contributed by atoms with Crippen LogP contribution in [0, 0.1) is 0 Å². The van der Waals surface area contributed by atoms with E-state index in [2.05, 4.69) is 5.32 Å². The van der Waals surface area contributed by atoms with Gasteiger partial charge in [0.15, 0.2) is 9.84 Å². The number of anilines is 3. The fourth-order valence-corrected chi connectivity index (χ4v) is 4.18. The fourth-order valence-electron chi connectivity index (χ4n) is 3.52. The third-order valence-electron chi connectivity index (χ3n) is 4.71. The highest BCUT2D eigenvalue weighted by Gasteiger charge is 2.32. The maximum Gasteiger partial charge on any atom is 0.224 e. The average molecular weight is 373 g/mol. The molecule has 2 aromatic carbocycles. The van der Waals surface area contributed by atoms with Crippen LogP contribution in [0.5, 0.6) is 0 Å². The molecule has 2 atom stereocenters. The first kappa shape index (κ1) is 18.3. The van der Waals surface area contributed by atoms with Crippen molar-refractivity contribution in [2.24, 2.45) is 0 Å². The molecule has 1 aliphatic rings. The Hall–Kier alpha value is -2.54. The Balaban J connectivity index is 1.96. The molecule has 0 fully saturated rings. The van der Waals surface area contributed by atoms with Crippen molar-refractivity contribution in [2.75, 3.05) is 22.2 Å². The van der Waals surface area contributed by atoms with Crippen LogP contribution < -0.4 is 16.0 Å². The molecular formula is C19H23N3O3S. The predicted molar refractivity (Wildman–Crippen MR) is 104 cm³/mol. The van der Waals surface area contributed by atoms with Crippen molar-refractivity contribution < 1.29 is 13.2 Å². The molecule has 0 spiro atoms. The van der Waals surface area contributed by atoms with Gasteiger partial charge in [-0.1, -0.05) is 18.2 Å². The average Bonchev–Trinajstić information content (AvgIpc) is 2.55. The summed E-state index contributed by atoms with van der Waals surface area (Å²) in [4.78, 5) is 14.1. The summed E-state index contributed by atoms with van der Waals surface area (Å²) in [5.41, 5.74) is 9.05. The number of hydrogen-bond donors (Lipinski definition) is 2. The quantitative estimate of drug-likeness (QED) is 0.807. The van der Waals surface area contributed by atoms with E-state index in [1.807, 2.05) is 36.1 Å². The van der Waals surface area contributed by atoms with Gasteiger partial charge in [-0.3, -0.25) is 4.79 Å². The zero-order valence-electron chi connectivity index (χ0n) is 15.1. The van der Waals surface area contributed by atoms with E-state index in [-0.39, 0.29) is 22.9 Å². The maximum atomic E-state index is 12.1. The van der Waals surface area contributed by atoms with Gasteiger partial charge >= 0.3 is 0 Å². The van der Waals surface area contributed by atoms with Gasteiger partial charge in [-0.15, -0.1) is 0 Å². The van der Waals surface area contributed by atoms with Crippen LogP contribution in [-0.2, 0) is 14.6 Å². The Bertz CT molecular complexity index is 956. The molecule has 0 bridgehead atoms. The van der Waals surface area contributed by atoms with Gasteiger partial charge in [0, 0.05) is 24.9 Å². The number of rotatable bonds is 3. The van der Waals surface area contributed by atoms with Crippen molar-refractivity contribution in [3.63, 3.8) is 0 Å². The van der Waals surface area contributed by atoms with Crippen molar-refractivity contribution in [1.82, 2.24) is 0 Å². The molecule has 2 unspecified atom stereocenters. The van der Waals surface area contributed by atoms with Crippen molar-refractivity contribution in [3.05, 3.63) is 48.0 Å². The topological polar surface area (TPSA) is 92.5 Å². The molecule has 1 amide bonds. The first-order valence-electron chi connectivity index (χ1n) is 8.43. The number of fused-ring (bicyclic) bond motifs is 1. The van der Waals surface area contributed by atoms with Crippen LogP contribution >= 0.6 is 0 Å². The van der Waals surface area contributed by atoms with Crippen molar-refractivity contribution in [3.8, 4) is 0 Å². The van der Waals surface area contributed by atoms with Crippen LogP contribution in [0.2, 0.25) is 0 Å². The second-order valence-corrected chi connectivity index (χ2v) is 8.77. The lowest BCUT2D eigenvalue weighted by Gasteiger charge is -2.39. The highest BCUT2D eigenvalue weighted by molar-refractivity contribution is 7.90. The van der Waals surface area contributed by atoms with Gasteiger partial charge in [-0.25, -0.2) is 8.42 Å². The first-order chi connectivity index (χ1) is 12.2. The van der Waals surface area contributed by atoms with Crippen LogP contribution in [-0.4, -0.2) is 26.6 Å². The summed E-state index contributed by atoms with van der Waals surface area (Å²) in [6, 6.07) is 12.5. The van der Waals surface area contributed by atoms with Crippen molar-refractivity contribution >= 4 is 32.8 Å². The summed E-state index contributed by atoms with van der Waals surface area (Å²) < 4.78 is 23.4. The second kappa shape index (κ2) is 6.64. The van der Waals surface area contributed by atoms with E-state index < -0.39 is 9.84 Å². The second-order valence-electron chi connectivity index (χ2n) is 6.75. The molecule has 0 saturated heterocycles. The van der Waals surface area contributed by atoms with E-state index in [0.717, 1.165) is 23.9 Å². The number of amides is 1. The van der Waals surface area contributed by atoms with Gasteiger partial charge in [-0.05, 0) is 43.2 Å². The molecule has 26 heavy (non-hydrogen) atoms. The Kier molecular flexibility index (Phi) is 4.66. The minimum Gasteiger partial charge on any atom is -0.397 e. The number of nitrogens with one attached hydrogen (secondary N) is 1. The van der Waals surface area contributed by atoms with E-state index in [9.17, 15) is 13.2 Å². The number of para-hydroxylation sites is 1. The van der Waals surface area contributed by atoms with Crippen LogP contribution in [0.3, 0.4) is 0 Å². The van der Waals surface area contributed by atoms with Crippen LogP contribution in [0.4, 0.5) is 17.1 Å². The minimum absolute atomic E-state index is 0.0143. The summed E-state index contributed by atoms with van der Waals surface area (Å²) in [5.74, 6) is 0.0143. The molecule has 7 heteroatoms. The Morgan fingerprint density at radius 3 is 2.54 bits per heavy atom. The molecule has 0 aliphatic carbocycles. The lowest BCUT2D eigenvalue weighted by atomic mass is 9.91. The summed E-state index contributed by atoms with van der Waals surface area (Å²) in [5, 5.41) is 3.42. The normalized spacial score (nSPS) is 19.7.